The Hall–Kier alpha value is -4.93. The highest BCUT2D eigenvalue weighted by Gasteiger charge is 2.22. The van der Waals surface area contributed by atoms with Crippen LogP contribution < -0.4 is 5.32 Å². The molecular weight excluding hydrogens is 428 g/mol. The van der Waals surface area contributed by atoms with E-state index in [1.54, 1.807) is 19.1 Å². The van der Waals surface area contributed by atoms with E-state index in [-0.39, 0.29) is 17.5 Å². The van der Waals surface area contributed by atoms with Gasteiger partial charge in [-0.15, -0.1) is 5.10 Å². The van der Waals surface area contributed by atoms with Gasteiger partial charge in [-0.3, -0.25) is 25.0 Å². The lowest BCUT2D eigenvalue weighted by atomic mass is 10.0. The third-order valence-electron chi connectivity index (χ3n) is 4.84. The van der Waals surface area contributed by atoms with Crippen LogP contribution in [0.25, 0.3) is 11.1 Å². The number of aryl methyl sites for hydroxylation is 1. The van der Waals surface area contributed by atoms with E-state index >= 15 is 0 Å². The fourth-order valence-electron chi connectivity index (χ4n) is 3.20. The second-order valence-corrected chi connectivity index (χ2v) is 6.98. The second kappa shape index (κ2) is 8.67. The number of nitro groups is 2. The van der Waals surface area contributed by atoms with Crippen molar-refractivity contribution in [2.75, 3.05) is 5.32 Å². The molecule has 4 rings (SSSR count). The van der Waals surface area contributed by atoms with Gasteiger partial charge in [0.2, 0.25) is 5.95 Å². The van der Waals surface area contributed by atoms with Crippen LogP contribution in [-0.2, 0) is 0 Å². The van der Waals surface area contributed by atoms with E-state index in [4.69, 9.17) is 0 Å². The molecule has 0 atom stereocenters. The molecule has 0 aliphatic carbocycles. The molecule has 11 nitrogen and oxygen atoms in total. The molecule has 0 saturated heterocycles. The molecule has 0 radical (unpaired) electrons. The molecule has 1 N–H and O–H groups in total. The molecule has 0 spiro atoms. The lowest BCUT2D eigenvalue weighted by Gasteiger charge is -2.05. The average Bonchev–Trinajstić information content (AvgIpc) is 3.19. The Balaban J connectivity index is 1.58. The molecule has 1 aromatic heterocycles. The van der Waals surface area contributed by atoms with Crippen molar-refractivity contribution in [3.63, 3.8) is 0 Å². The van der Waals surface area contributed by atoms with Crippen LogP contribution in [0.2, 0.25) is 0 Å². The largest absolute Gasteiger partial charge is 0.317 e. The first-order valence-corrected chi connectivity index (χ1v) is 9.67. The van der Waals surface area contributed by atoms with Gasteiger partial charge < -0.3 is 5.32 Å². The van der Waals surface area contributed by atoms with E-state index in [2.05, 4.69) is 15.4 Å². The number of benzene rings is 3. The summed E-state index contributed by atoms with van der Waals surface area (Å²) in [6, 6.07) is 19.9. The standard InChI is InChI=1S/C22H16N6O5/c1-14-23-22(24-19-12-11-18(27(30)31)13-20(19)28(32)33)25-26(14)21(29)17-9-7-16(8-10-17)15-5-3-2-4-6-15/h2-13H,1H3,(H,24,25). The zero-order valence-corrected chi connectivity index (χ0v) is 17.2. The van der Waals surface area contributed by atoms with Gasteiger partial charge in [0.15, 0.2) is 0 Å². The summed E-state index contributed by atoms with van der Waals surface area (Å²) in [5.74, 6) is -0.219. The maximum absolute atomic E-state index is 12.9. The van der Waals surface area contributed by atoms with Crippen molar-refractivity contribution in [1.82, 2.24) is 14.8 Å². The molecule has 4 aromatic rings. The maximum atomic E-state index is 12.9. The minimum atomic E-state index is -0.751. The van der Waals surface area contributed by atoms with Crippen LogP contribution in [-0.4, -0.2) is 30.5 Å². The summed E-state index contributed by atoms with van der Waals surface area (Å²) in [7, 11) is 0. The van der Waals surface area contributed by atoms with Gasteiger partial charge >= 0.3 is 0 Å². The molecule has 0 amide bonds. The third-order valence-corrected chi connectivity index (χ3v) is 4.84. The molecule has 0 unspecified atom stereocenters. The SMILES string of the molecule is Cc1nc(Nc2ccc([N+](=O)[O-])cc2[N+](=O)[O-])nn1C(=O)c1ccc(-c2ccccc2)cc1. The number of aromatic nitrogens is 3. The van der Waals surface area contributed by atoms with Gasteiger partial charge in [-0.05, 0) is 36.2 Å². The van der Waals surface area contributed by atoms with Gasteiger partial charge in [-0.25, -0.2) is 0 Å². The van der Waals surface area contributed by atoms with Crippen LogP contribution in [0, 0.1) is 27.2 Å². The van der Waals surface area contributed by atoms with Crippen molar-refractivity contribution in [3.8, 4) is 11.1 Å². The molecule has 0 aliphatic heterocycles. The van der Waals surface area contributed by atoms with Crippen LogP contribution in [0.15, 0.2) is 72.8 Å². The van der Waals surface area contributed by atoms with Crippen molar-refractivity contribution in [2.24, 2.45) is 0 Å². The normalized spacial score (nSPS) is 10.6. The molecule has 0 saturated carbocycles. The average molecular weight is 444 g/mol. The van der Waals surface area contributed by atoms with Gasteiger partial charge in [-0.1, -0.05) is 42.5 Å². The fraction of sp³-hybridized carbons (Fsp3) is 0.0455. The van der Waals surface area contributed by atoms with E-state index in [0.717, 1.165) is 27.9 Å². The van der Waals surface area contributed by atoms with E-state index in [9.17, 15) is 25.0 Å². The van der Waals surface area contributed by atoms with Crippen LogP contribution in [0.3, 0.4) is 0 Å². The summed E-state index contributed by atoms with van der Waals surface area (Å²) >= 11 is 0. The quantitative estimate of drug-likeness (QED) is 0.338. The highest BCUT2D eigenvalue weighted by Crippen LogP contribution is 2.30. The van der Waals surface area contributed by atoms with Gasteiger partial charge in [0.1, 0.15) is 11.5 Å². The number of rotatable bonds is 6. The lowest BCUT2D eigenvalue weighted by molar-refractivity contribution is -0.393. The summed E-state index contributed by atoms with van der Waals surface area (Å²) in [5, 5.41) is 29.0. The van der Waals surface area contributed by atoms with Gasteiger partial charge in [0, 0.05) is 11.6 Å². The minimum Gasteiger partial charge on any atom is -0.317 e. The smallest absolute Gasteiger partial charge is 0.299 e. The number of nitro benzene ring substituents is 2. The summed E-state index contributed by atoms with van der Waals surface area (Å²) < 4.78 is 1.08. The molecule has 3 aromatic carbocycles. The van der Waals surface area contributed by atoms with E-state index in [0.29, 0.717) is 5.56 Å². The Morgan fingerprint density at radius 2 is 1.58 bits per heavy atom. The van der Waals surface area contributed by atoms with E-state index < -0.39 is 27.1 Å². The summed E-state index contributed by atoms with van der Waals surface area (Å²) in [4.78, 5) is 37.8. The molecule has 0 fully saturated rings. The predicted octanol–water partition coefficient (Wildman–Crippen LogP) is 4.50. The van der Waals surface area contributed by atoms with Crippen molar-refractivity contribution in [3.05, 3.63) is 104 Å². The molecule has 0 bridgehead atoms. The Labute approximate surface area is 186 Å². The molecule has 164 valence electrons. The maximum Gasteiger partial charge on any atom is 0.299 e. The van der Waals surface area contributed by atoms with Crippen molar-refractivity contribution in [1.29, 1.82) is 0 Å². The minimum absolute atomic E-state index is 0.0394. The molecular formula is C22H16N6O5. The second-order valence-electron chi connectivity index (χ2n) is 6.98. The Morgan fingerprint density at radius 3 is 2.21 bits per heavy atom. The molecule has 11 heteroatoms. The Morgan fingerprint density at radius 1 is 0.909 bits per heavy atom. The molecule has 33 heavy (non-hydrogen) atoms. The first-order chi connectivity index (χ1) is 15.8. The zero-order chi connectivity index (χ0) is 23.5. The van der Waals surface area contributed by atoms with E-state index in [1.807, 2.05) is 42.5 Å². The number of hydrogen-bond donors (Lipinski definition) is 1. The number of nitrogens with one attached hydrogen (secondary N) is 1. The van der Waals surface area contributed by atoms with Crippen molar-refractivity contribution >= 4 is 28.9 Å². The number of nitrogens with zero attached hydrogens (tertiary/aromatic N) is 5. The van der Waals surface area contributed by atoms with Crippen LogP contribution >= 0.6 is 0 Å². The summed E-state index contributed by atoms with van der Waals surface area (Å²) in [6.07, 6.45) is 0. The van der Waals surface area contributed by atoms with Gasteiger partial charge in [0.25, 0.3) is 17.3 Å². The van der Waals surface area contributed by atoms with Gasteiger partial charge in [-0.2, -0.15) is 9.67 Å². The number of non-ortho nitro benzene ring substituents is 1. The van der Waals surface area contributed by atoms with Crippen molar-refractivity contribution < 1.29 is 14.6 Å². The first kappa shape index (κ1) is 21.3. The van der Waals surface area contributed by atoms with Crippen LogP contribution in [0.1, 0.15) is 16.2 Å². The predicted molar refractivity (Wildman–Crippen MR) is 119 cm³/mol. The van der Waals surface area contributed by atoms with E-state index in [1.165, 1.54) is 6.07 Å². The fourth-order valence-corrected chi connectivity index (χ4v) is 3.20. The van der Waals surface area contributed by atoms with Gasteiger partial charge in [0.05, 0.1) is 15.9 Å². The number of carbonyl (C=O) groups is 1. The van der Waals surface area contributed by atoms with Crippen LogP contribution in [0.5, 0.6) is 0 Å². The third kappa shape index (κ3) is 4.42. The monoisotopic (exact) mass is 444 g/mol. The number of carbonyl (C=O) groups excluding carboxylic acids is 1. The van der Waals surface area contributed by atoms with Crippen molar-refractivity contribution in [2.45, 2.75) is 6.92 Å². The topological polar surface area (TPSA) is 146 Å². The Kier molecular flexibility index (Phi) is 5.60. The Bertz CT molecular complexity index is 1370. The zero-order valence-electron chi connectivity index (χ0n) is 17.2. The number of anilines is 2. The first-order valence-electron chi connectivity index (χ1n) is 9.67. The molecule has 1 heterocycles. The summed E-state index contributed by atoms with van der Waals surface area (Å²) in [6.45, 7) is 1.57. The highest BCUT2D eigenvalue weighted by atomic mass is 16.6. The number of hydrogen-bond acceptors (Lipinski definition) is 8. The highest BCUT2D eigenvalue weighted by molar-refractivity contribution is 5.96. The molecule has 0 aliphatic rings. The summed E-state index contributed by atoms with van der Waals surface area (Å²) in [5.41, 5.74) is 1.38. The van der Waals surface area contributed by atoms with Crippen LogP contribution in [0.4, 0.5) is 23.0 Å². The lowest BCUT2D eigenvalue weighted by Crippen LogP contribution is -2.15.